The van der Waals surface area contributed by atoms with Crippen LogP contribution in [-0.2, 0) is 11.3 Å². The van der Waals surface area contributed by atoms with Crippen molar-refractivity contribution in [1.29, 1.82) is 0 Å². The van der Waals surface area contributed by atoms with Crippen molar-refractivity contribution in [3.8, 4) is 0 Å². The maximum absolute atomic E-state index is 12.4. The molecular weight excluding hydrogens is 338 g/mol. The average molecular weight is 350 g/mol. The lowest BCUT2D eigenvalue weighted by molar-refractivity contribution is -0.165. The fourth-order valence-electron chi connectivity index (χ4n) is 1.07. The van der Waals surface area contributed by atoms with Gasteiger partial charge in [0.25, 0.3) is 0 Å². The van der Waals surface area contributed by atoms with Gasteiger partial charge in [-0.15, -0.1) is 11.3 Å². The first-order valence-electron chi connectivity index (χ1n) is 5.09. The molecule has 0 bridgehead atoms. The first kappa shape index (κ1) is 15.9. The molecule has 18 heavy (non-hydrogen) atoms. The molecule has 0 saturated heterocycles. The van der Waals surface area contributed by atoms with E-state index < -0.39 is 19.0 Å². The SMILES string of the molecule is FC(F)C(F)(F)COCCNCc1cc(Br)cs1. The van der Waals surface area contributed by atoms with Gasteiger partial charge >= 0.3 is 12.3 Å². The van der Waals surface area contributed by atoms with Gasteiger partial charge < -0.3 is 10.1 Å². The van der Waals surface area contributed by atoms with Crippen molar-refractivity contribution in [2.75, 3.05) is 19.8 Å². The van der Waals surface area contributed by atoms with Gasteiger partial charge in [-0.1, -0.05) is 0 Å². The Labute approximate surface area is 114 Å². The Bertz CT molecular complexity index is 361. The lowest BCUT2D eigenvalue weighted by Crippen LogP contribution is -2.33. The van der Waals surface area contributed by atoms with Crippen molar-refractivity contribution < 1.29 is 22.3 Å². The smallest absolute Gasteiger partial charge is 0.330 e. The summed E-state index contributed by atoms with van der Waals surface area (Å²) in [5, 5.41) is 4.89. The Hall–Kier alpha value is -0.180. The van der Waals surface area contributed by atoms with Gasteiger partial charge in [0.1, 0.15) is 6.61 Å². The molecule has 104 valence electrons. The predicted molar refractivity (Wildman–Crippen MR) is 65.5 cm³/mol. The highest BCUT2D eigenvalue weighted by molar-refractivity contribution is 9.10. The van der Waals surface area contributed by atoms with Crippen LogP contribution in [0.2, 0.25) is 0 Å². The number of rotatable bonds is 8. The van der Waals surface area contributed by atoms with E-state index in [1.54, 1.807) is 11.3 Å². The van der Waals surface area contributed by atoms with Crippen molar-refractivity contribution in [2.45, 2.75) is 18.9 Å². The zero-order valence-electron chi connectivity index (χ0n) is 9.27. The highest BCUT2D eigenvalue weighted by atomic mass is 79.9. The summed E-state index contributed by atoms with van der Waals surface area (Å²) in [7, 11) is 0. The molecule has 0 saturated carbocycles. The molecule has 0 aliphatic rings. The van der Waals surface area contributed by atoms with Gasteiger partial charge in [0.05, 0.1) is 6.61 Å². The molecule has 1 aromatic heterocycles. The fourth-order valence-corrected chi connectivity index (χ4v) is 2.49. The summed E-state index contributed by atoms with van der Waals surface area (Å²) in [6.45, 7) is -0.370. The number of thiophene rings is 1. The molecule has 0 amide bonds. The number of hydrogen-bond donors (Lipinski definition) is 1. The summed E-state index contributed by atoms with van der Waals surface area (Å²) in [4.78, 5) is 1.08. The molecule has 1 N–H and O–H groups in total. The Balaban J connectivity index is 2.06. The number of alkyl halides is 4. The number of halogens is 5. The molecular formula is C10H12BrF4NOS. The predicted octanol–water partition coefficient (Wildman–Crippen LogP) is 3.52. The van der Waals surface area contributed by atoms with E-state index in [-0.39, 0.29) is 6.61 Å². The third-order valence-corrected chi connectivity index (χ3v) is 3.66. The normalized spacial score (nSPS) is 12.3. The maximum atomic E-state index is 12.4. The van der Waals surface area contributed by atoms with E-state index >= 15 is 0 Å². The van der Waals surface area contributed by atoms with E-state index in [1.807, 2.05) is 11.4 Å². The molecule has 0 spiro atoms. The van der Waals surface area contributed by atoms with E-state index in [1.165, 1.54) is 0 Å². The first-order chi connectivity index (χ1) is 8.42. The molecule has 0 aliphatic heterocycles. The summed E-state index contributed by atoms with van der Waals surface area (Å²) < 4.78 is 53.9. The fraction of sp³-hybridized carbons (Fsp3) is 0.600. The van der Waals surface area contributed by atoms with Gasteiger partial charge in [-0.3, -0.25) is 0 Å². The van der Waals surface area contributed by atoms with Crippen molar-refractivity contribution in [2.24, 2.45) is 0 Å². The average Bonchev–Trinajstić information content (AvgIpc) is 2.69. The van der Waals surface area contributed by atoms with E-state index in [0.717, 1.165) is 9.35 Å². The van der Waals surface area contributed by atoms with Crippen LogP contribution in [0.1, 0.15) is 4.88 Å². The molecule has 2 nitrogen and oxygen atoms in total. The van der Waals surface area contributed by atoms with Gasteiger partial charge in [0.15, 0.2) is 0 Å². The summed E-state index contributed by atoms with van der Waals surface area (Å²) in [5.74, 6) is -4.07. The molecule has 0 unspecified atom stereocenters. The monoisotopic (exact) mass is 349 g/mol. The second-order valence-electron chi connectivity index (χ2n) is 3.52. The van der Waals surface area contributed by atoms with Gasteiger partial charge in [-0.05, 0) is 22.0 Å². The molecule has 1 rings (SSSR count). The van der Waals surface area contributed by atoms with E-state index in [2.05, 4.69) is 26.0 Å². The van der Waals surface area contributed by atoms with Gasteiger partial charge in [0, 0.05) is 27.8 Å². The Morgan fingerprint density at radius 2 is 2.17 bits per heavy atom. The molecule has 8 heteroatoms. The maximum Gasteiger partial charge on any atom is 0.330 e. The first-order valence-corrected chi connectivity index (χ1v) is 6.76. The van der Waals surface area contributed by atoms with Crippen LogP contribution in [0.3, 0.4) is 0 Å². The number of hydrogen-bond acceptors (Lipinski definition) is 3. The van der Waals surface area contributed by atoms with E-state index in [0.29, 0.717) is 13.1 Å². The van der Waals surface area contributed by atoms with Crippen LogP contribution in [0.25, 0.3) is 0 Å². The third-order valence-electron chi connectivity index (χ3n) is 1.96. The van der Waals surface area contributed by atoms with Crippen molar-refractivity contribution in [3.05, 3.63) is 20.8 Å². The molecule has 0 aliphatic carbocycles. The van der Waals surface area contributed by atoms with Crippen LogP contribution >= 0.6 is 27.3 Å². The Morgan fingerprint density at radius 3 is 2.72 bits per heavy atom. The van der Waals surface area contributed by atoms with Crippen molar-refractivity contribution >= 4 is 27.3 Å². The standard InChI is InChI=1S/C10H12BrF4NOS/c11-7-3-8(18-5-7)4-16-1-2-17-6-10(14,15)9(12)13/h3,5,9,16H,1-2,4,6H2. The largest absolute Gasteiger partial charge is 0.374 e. The molecule has 1 heterocycles. The van der Waals surface area contributed by atoms with Crippen LogP contribution in [0.15, 0.2) is 15.9 Å². The molecule has 0 atom stereocenters. The summed E-state index contributed by atoms with van der Waals surface area (Å²) in [6, 6.07) is 1.93. The van der Waals surface area contributed by atoms with Gasteiger partial charge in [-0.25, -0.2) is 8.78 Å². The minimum Gasteiger partial charge on any atom is -0.374 e. The third kappa shape index (κ3) is 5.64. The second-order valence-corrected chi connectivity index (χ2v) is 5.43. The minimum absolute atomic E-state index is 0.0329. The molecule has 0 aromatic carbocycles. The Morgan fingerprint density at radius 1 is 1.44 bits per heavy atom. The topological polar surface area (TPSA) is 21.3 Å². The summed E-state index contributed by atoms with van der Waals surface area (Å²) in [6.07, 6.45) is -3.69. The number of ether oxygens (including phenoxy) is 1. The number of nitrogens with one attached hydrogen (secondary N) is 1. The molecule has 1 aromatic rings. The molecule has 0 fully saturated rings. The van der Waals surface area contributed by atoms with Crippen molar-refractivity contribution in [1.82, 2.24) is 5.32 Å². The van der Waals surface area contributed by atoms with Gasteiger partial charge in [-0.2, -0.15) is 8.78 Å². The minimum atomic E-state index is -4.07. The highest BCUT2D eigenvalue weighted by Crippen LogP contribution is 2.22. The van der Waals surface area contributed by atoms with Gasteiger partial charge in [0.2, 0.25) is 0 Å². The summed E-state index contributed by atoms with van der Waals surface area (Å²) in [5.41, 5.74) is 0. The van der Waals surface area contributed by atoms with Crippen LogP contribution in [0.5, 0.6) is 0 Å². The zero-order valence-corrected chi connectivity index (χ0v) is 11.7. The zero-order chi connectivity index (χ0) is 13.6. The van der Waals surface area contributed by atoms with E-state index in [4.69, 9.17) is 0 Å². The van der Waals surface area contributed by atoms with Crippen LogP contribution < -0.4 is 5.32 Å². The molecule has 0 radical (unpaired) electrons. The van der Waals surface area contributed by atoms with Crippen LogP contribution in [0, 0.1) is 0 Å². The van der Waals surface area contributed by atoms with Crippen molar-refractivity contribution in [3.63, 3.8) is 0 Å². The second kappa shape index (κ2) is 7.42. The lowest BCUT2D eigenvalue weighted by atomic mass is 10.4. The van der Waals surface area contributed by atoms with E-state index in [9.17, 15) is 17.6 Å². The lowest BCUT2D eigenvalue weighted by Gasteiger charge is -2.15. The quantitative estimate of drug-likeness (QED) is 0.572. The Kier molecular flexibility index (Phi) is 6.54. The highest BCUT2D eigenvalue weighted by Gasteiger charge is 2.40. The van der Waals surface area contributed by atoms with Crippen LogP contribution in [0.4, 0.5) is 17.6 Å². The summed E-state index contributed by atoms with van der Waals surface area (Å²) >= 11 is 4.86. The van der Waals surface area contributed by atoms with Crippen LogP contribution in [-0.4, -0.2) is 32.1 Å².